The molecule has 2 aromatic rings. The molecule has 2 aromatic carbocycles. The van der Waals surface area contributed by atoms with Gasteiger partial charge in [-0.15, -0.1) is 12.6 Å². The largest absolute Gasteiger partial charge is 0.492 e. The van der Waals surface area contributed by atoms with Gasteiger partial charge in [0.25, 0.3) is 5.91 Å². The van der Waals surface area contributed by atoms with Crippen molar-refractivity contribution in [1.82, 2.24) is 5.32 Å². The van der Waals surface area contributed by atoms with E-state index >= 15 is 0 Å². The molecule has 0 fully saturated rings. The summed E-state index contributed by atoms with van der Waals surface area (Å²) in [7, 11) is 0. The molecular formula is C16H17NO2S. The van der Waals surface area contributed by atoms with Crippen molar-refractivity contribution in [1.29, 1.82) is 0 Å². The predicted octanol–water partition coefficient (Wildman–Crippen LogP) is 3.09. The van der Waals surface area contributed by atoms with E-state index in [1.807, 2.05) is 43.3 Å². The second kappa shape index (κ2) is 7.01. The Hall–Kier alpha value is -1.94. The lowest BCUT2D eigenvalue weighted by Gasteiger charge is -2.09. The Morgan fingerprint density at radius 1 is 1.20 bits per heavy atom. The minimum absolute atomic E-state index is 0.136. The molecule has 1 N–H and O–H groups in total. The lowest BCUT2D eigenvalue weighted by molar-refractivity contribution is 0.0944. The van der Waals surface area contributed by atoms with Crippen molar-refractivity contribution < 1.29 is 9.53 Å². The maximum absolute atomic E-state index is 11.9. The third-order valence-electron chi connectivity index (χ3n) is 2.79. The molecule has 0 aromatic heterocycles. The van der Waals surface area contributed by atoms with Gasteiger partial charge in [0.2, 0.25) is 0 Å². The van der Waals surface area contributed by atoms with E-state index in [0.717, 1.165) is 11.3 Å². The molecule has 0 saturated carbocycles. The van der Waals surface area contributed by atoms with Crippen molar-refractivity contribution in [3.8, 4) is 5.75 Å². The first-order valence-electron chi connectivity index (χ1n) is 6.42. The first-order chi connectivity index (χ1) is 9.66. The third-order valence-corrected chi connectivity index (χ3v) is 3.18. The van der Waals surface area contributed by atoms with Crippen molar-refractivity contribution in [3.05, 3.63) is 59.7 Å². The van der Waals surface area contributed by atoms with Gasteiger partial charge in [-0.2, -0.15) is 0 Å². The highest BCUT2D eigenvalue weighted by Crippen LogP contribution is 2.13. The van der Waals surface area contributed by atoms with Gasteiger partial charge in [0, 0.05) is 4.90 Å². The van der Waals surface area contributed by atoms with Gasteiger partial charge in [-0.3, -0.25) is 4.79 Å². The summed E-state index contributed by atoms with van der Waals surface area (Å²) in [6.45, 7) is 2.90. The molecule has 0 aliphatic heterocycles. The Balaban J connectivity index is 1.79. The van der Waals surface area contributed by atoms with Crippen molar-refractivity contribution >= 4 is 18.5 Å². The molecule has 1 amide bonds. The third kappa shape index (κ3) is 4.03. The minimum Gasteiger partial charge on any atom is -0.492 e. The maximum Gasteiger partial charge on any atom is 0.252 e. The summed E-state index contributed by atoms with van der Waals surface area (Å²) in [6.07, 6.45) is 0. The number of amides is 1. The number of aryl methyl sites for hydroxylation is 1. The highest BCUT2D eigenvalue weighted by molar-refractivity contribution is 7.80. The monoisotopic (exact) mass is 287 g/mol. The summed E-state index contributed by atoms with van der Waals surface area (Å²) in [5.74, 6) is 0.678. The second-order valence-electron chi connectivity index (χ2n) is 4.44. The molecule has 2 rings (SSSR count). The van der Waals surface area contributed by atoms with Gasteiger partial charge in [-0.05, 0) is 36.8 Å². The fraction of sp³-hybridized carbons (Fsp3) is 0.188. The minimum atomic E-state index is -0.136. The highest BCUT2D eigenvalue weighted by Gasteiger charge is 2.07. The van der Waals surface area contributed by atoms with E-state index < -0.39 is 0 Å². The van der Waals surface area contributed by atoms with Crippen LogP contribution in [0, 0.1) is 6.92 Å². The molecule has 3 nitrogen and oxygen atoms in total. The average Bonchev–Trinajstić information content (AvgIpc) is 2.44. The Bertz CT molecular complexity index is 599. The Morgan fingerprint density at radius 2 is 2.00 bits per heavy atom. The van der Waals surface area contributed by atoms with Gasteiger partial charge in [-0.25, -0.2) is 0 Å². The molecule has 0 saturated heterocycles. The smallest absolute Gasteiger partial charge is 0.252 e. The molecule has 0 heterocycles. The lowest BCUT2D eigenvalue weighted by Crippen LogP contribution is -2.28. The quantitative estimate of drug-likeness (QED) is 0.655. The summed E-state index contributed by atoms with van der Waals surface area (Å²) in [5.41, 5.74) is 1.72. The van der Waals surface area contributed by atoms with Crippen LogP contribution in [-0.4, -0.2) is 19.1 Å². The van der Waals surface area contributed by atoms with Crippen LogP contribution in [0.25, 0.3) is 0 Å². The van der Waals surface area contributed by atoms with Gasteiger partial charge in [0.05, 0.1) is 12.1 Å². The summed E-state index contributed by atoms with van der Waals surface area (Å²) >= 11 is 4.26. The summed E-state index contributed by atoms with van der Waals surface area (Å²) in [4.78, 5) is 12.6. The first kappa shape index (κ1) is 14.5. The van der Waals surface area contributed by atoms with Crippen LogP contribution in [0.3, 0.4) is 0 Å². The van der Waals surface area contributed by atoms with Gasteiger partial charge in [0.15, 0.2) is 0 Å². The van der Waals surface area contributed by atoms with Gasteiger partial charge >= 0.3 is 0 Å². The topological polar surface area (TPSA) is 38.3 Å². The van der Waals surface area contributed by atoms with Crippen LogP contribution in [0.1, 0.15) is 15.9 Å². The molecule has 0 radical (unpaired) electrons. The Kier molecular flexibility index (Phi) is 5.07. The van der Waals surface area contributed by atoms with E-state index in [1.54, 1.807) is 12.1 Å². The van der Waals surface area contributed by atoms with Crippen molar-refractivity contribution in [2.24, 2.45) is 0 Å². The zero-order valence-electron chi connectivity index (χ0n) is 11.3. The number of carbonyl (C=O) groups is 1. The maximum atomic E-state index is 11.9. The fourth-order valence-electron chi connectivity index (χ4n) is 1.80. The number of rotatable bonds is 5. The standard InChI is InChI=1S/C16H17NO2S/c1-12-5-4-6-13(11-12)19-10-9-17-16(18)14-7-2-3-8-15(14)20/h2-8,11,20H,9-10H2,1H3,(H,17,18). The number of benzene rings is 2. The van der Waals surface area contributed by atoms with Crippen molar-refractivity contribution in [3.63, 3.8) is 0 Å². The molecule has 0 atom stereocenters. The average molecular weight is 287 g/mol. The molecule has 0 bridgehead atoms. The molecular weight excluding hydrogens is 270 g/mol. The van der Waals surface area contributed by atoms with Crippen molar-refractivity contribution in [2.75, 3.05) is 13.2 Å². The van der Waals surface area contributed by atoms with E-state index in [2.05, 4.69) is 17.9 Å². The number of nitrogens with one attached hydrogen (secondary N) is 1. The van der Waals surface area contributed by atoms with Gasteiger partial charge in [0.1, 0.15) is 12.4 Å². The van der Waals surface area contributed by atoms with Crippen LogP contribution in [0.5, 0.6) is 5.75 Å². The van der Waals surface area contributed by atoms with E-state index in [4.69, 9.17) is 4.74 Å². The first-order valence-corrected chi connectivity index (χ1v) is 6.87. The number of ether oxygens (including phenoxy) is 1. The van der Waals surface area contributed by atoms with Crippen LogP contribution in [0.15, 0.2) is 53.4 Å². The van der Waals surface area contributed by atoms with Gasteiger partial charge in [-0.1, -0.05) is 24.3 Å². The van der Waals surface area contributed by atoms with E-state index in [0.29, 0.717) is 23.6 Å². The van der Waals surface area contributed by atoms with E-state index in [9.17, 15) is 4.79 Å². The number of thiol groups is 1. The lowest BCUT2D eigenvalue weighted by atomic mass is 10.2. The zero-order chi connectivity index (χ0) is 14.4. The normalized spacial score (nSPS) is 10.1. The highest BCUT2D eigenvalue weighted by atomic mass is 32.1. The molecule has 0 unspecified atom stereocenters. The molecule has 0 spiro atoms. The summed E-state index contributed by atoms with van der Waals surface area (Å²) in [6, 6.07) is 15.0. The van der Waals surface area contributed by atoms with Crippen LogP contribution < -0.4 is 10.1 Å². The van der Waals surface area contributed by atoms with Gasteiger partial charge < -0.3 is 10.1 Å². The fourth-order valence-corrected chi connectivity index (χ4v) is 2.06. The number of hydrogen-bond acceptors (Lipinski definition) is 3. The molecule has 104 valence electrons. The zero-order valence-corrected chi connectivity index (χ0v) is 12.2. The SMILES string of the molecule is Cc1cccc(OCCNC(=O)c2ccccc2S)c1. The summed E-state index contributed by atoms with van der Waals surface area (Å²) in [5, 5.41) is 2.81. The predicted molar refractivity (Wildman–Crippen MR) is 82.7 cm³/mol. The molecule has 0 aliphatic carbocycles. The molecule has 4 heteroatoms. The van der Waals surface area contributed by atoms with Crippen LogP contribution in [0.4, 0.5) is 0 Å². The van der Waals surface area contributed by atoms with E-state index in [-0.39, 0.29) is 5.91 Å². The summed E-state index contributed by atoms with van der Waals surface area (Å²) < 4.78 is 5.57. The van der Waals surface area contributed by atoms with Crippen LogP contribution in [-0.2, 0) is 0 Å². The number of carbonyl (C=O) groups excluding carboxylic acids is 1. The van der Waals surface area contributed by atoms with Crippen LogP contribution >= 0.6 is 12.6 Å². The Morgan fingerprint density at radius 3 is 2.75 bits per heavy atom. The van der Waals surface area contributed by atoms with E-state index in [1.165, 1.54) is 0 Å². The second-order valence-corrected chi connectivity index (χ2v) is 4.92. The molecule has 20 heavy (non-hydrogen) atoms. The van der Waals surface area contributed by atoms with Crippen LogP contribution in [0.2, 0.25) is 0 Å². The Labute approximate surface area is 124 Å². The number of hydrogen-bond donors (Lipinski definition) is 2. The van der Waals surface area contributed by atoms with Crippen molar-refractivity contribution in [2.45, 2.75) is 11.8 Å². The molecule has 0 aliphatic rings.